The average Bonchev–Trinajstić information content (AvgIpc) is 2.82. The fraction of sp³-hybridized carbons (Fsp3) is 0. The highest BCUT2D eigenvalue weighted by atomic mass is 16.3. The Balaban J connectivity index is 2.16. The van der Waals surface area contributed by atoms with E-state index < -0.39 is 0 Å². The molecule has 0 saturated carbocycles. The minimum Gasteiger partial charge on any atom is -0.507 e. The van der Waals surface area contributed by atoms with Crippen LogP contribution in [0.5, 0.6) is 5.75 Å². The SMILES string of the molecule is O=C(c1ccccc1O)c1cnn2ccccc12. The molecule has 3 aromatic rings. The Morgan fingerprint density at radius 3 is 2.67 bits per heavy atom. The van der Waals surface area contributed by atoms with Gasteiger partial charge in [-0.15, -0.1) is 0 Å². The molecule has 0 spiro atoms. The number of benzene rings is 1. The highest BCUT2D eigenvalue weighted by Gasteiger charge is 2.16. The first kappa shape index (κ1) is 10.5. The van der Waals surface area contributed by atoms with Crippen molar-refractivity contribution in [1.29, 1.82) is 0 Å². The molecule has 0 radical (unpaired) electrons. The largest absolute Gasteiger partial charge is 0.507 e. The van der Waals surface area contributed by atoms with Gasteiger partial charge in [0.05, 0.1) is 22.8 Å². The number of carbonyl (C=O) groups excluding carboxylic acids is 1. The van der Waals surface area contributed by atoms with E-state index >= 15 is 0 Å². The van der Waals surface area contributed by atoms with Crippen molar-refractivity contribution in [3.05, 3.63) is 66.0 Å². The third kappa shape index (κ3) is 1.55. The van der Waals surface area contributed by atoms with E-state index in [1.165, 1.54) is 12.3 Å². The van der Waals surface area contributed by atoms with Crippen LogP contribution in [0.3, 0.4) is 0 Å². The van der Waals surface area contributed by atoms with E-state index in [1.807, 2.05) is 18.2 Å². The number of nitrogens with zero attached hydrogens (tertiary/aromatic N) is 2. The van der Waals surface area contributed by atoms with Crippen LogP contribution < -0.4 is 0 Å². The van der Waals surface area contributed by atoms with Crippen LogP contribution in [0.4, 0.5) is 0 Å². The molecule has 1 N–H and O–H groups in total. The number of carbonyl (C=O) groups is 1. The van der Waals surface area contributed by atoms with Crippen molar-refractivity contribution >= 4 is 11.3 Å². The van der Waals surface area contributed by atoms with Crippen LogP contribution in [-0.2, 0) is 0 Å². The Morgan fingerprint density at radius 1 is 1.06 bits per heavy atom. The zero-order chi connectivity index (χ0) is 12.5. The fourth-order valence-electron chi connectivity index (χ4n) is 1.92. The number of fused-ring (bicyclic) bond motifs is 1. The summed E-state index contributed by atoms with van der Waals surface area (Å²) >= 11 is 0. The lowest BCUT2D eigenvalue weighted by atomic mass is 10.0. The molecule has 88 valence electrons. The lowest BCUT2D eigenvalue weighted by molar-refractivity contribution is 0.103. The van der Waals surface area contributed by atoms with Gasteiger partial charge in [-0.3, -0.25) is 4.79 Å². The lowest BCUT2D eigenvalue weighted by Gasteiger charge is -2.01. The first-order chi connectivity index (χ1) is 8.77. The number of aromatic hydroxyl groups is 1. The zero-order valence-electron chi connectivity index (χ0n) is 9.45. The number of hydrogen-bond acceptors (Lipinski definition) is 3. The van der Waals surface area contributed by atoms with Crippen molar-refractivity contribution in [2.24, 2.45) is 0 Å². The van der Waals surface area contributed by atoms with Gasteiger partial charge in [-0.1, -0.05) is 18.2 Å². The summed E-state index contributed by atoms with van der Waals surface area (Å²) in [4.78, 5) is 12.3. The summed E-state index contributed by atoms with van der Waals surface area (Å²) in [6, 6.07) is 12.0. The molecule has 0 atom stereocenters. The second-order valence-corrected chi connectivity index (χ2v) is 3.93. The van der Waals surface area contributed by atoms with Crippen LogP contribution in [0.25, 0.3) is 5.52 Å². The molecule has 0 amide bonds. The van der Waals surface area contributed by atoms with Gasteiger partial charge in [0.1, 0.15) is 5.75 Å². The molecule has 4 nitrogen and oxygen atoms in total. The molecule has 0 unspecified atom stereocenters. The molecule has 0 aliphatic heterocycles. The highest BCUT2D eigenvalue weighted by molar-refractivity contribution is 6.14. The molecule has 0 saturated heterocycles. The van der Waals surface area contributed by atoms with Crippen molar-refractivity contribution < 1.29 is 9.90 Å². The summed E-state index contributed by atoms with van der Waals surface area (Å²) in [5, 5.41) is 13.8. The Morgan fingerprint density at radius 2 is 1.83 bits per heavy atom. The van der Waals surface area contributed by atoms with Crippen molar-refractivity contribution in [2.45, 2.75) is 0 Å². The minimum absolute atomic E-state index is 0.0159. The molecule has 18 heavy (non-hydrogen) atoms. The summed E-state index contributed by atoms with van der Waals surface area (Å²) < 4.78 is 1.63. The maximum absolute atomic E-state index is 12.3. The van der Waals surface area contributed by atoms with Crippen molar-refractivity contribution in [1.82, 2.24) is 9.61 Å². The first-order valence-electron chi connectivity index (χ1n) is 5.52. The number of rotatable bonds is 2. The molecule has 0 aliphatic carbocycles. The molecular formula is C14H10N2O2. The standard InChI is InChI=1S/C14H10N2O2/c17-13-7-2-1-5-10(13)14(18)11-9-15-16-8-4-3-6-12(11)16/h1-9,17H. The van der Waals surface area contributed by atoms with Crippen LogP contribution in [0.15, 0.2) is 54.9 Å². The molecule has 0 aliphatic rings. The number of para-hydroxylation sites is 1. The second-order valence-electron chi connectivity index (χ2n) is 3.93. The van der Waals surface area contributed by atoms with Gasteiger partial charge in [0.25, 0.3) is 0 Å². The molecule has 2 aromatic heterocycles. The first-order valence-corrected chi connectivity index (χ1v) is 5.52. The summed E-state index contributed by atoms with van der Waals surface area (Å²) in [5.41, 5.74) is 1.50. The molecule has 3 rings (SSSR count). The Bertz CT molecular complexity index is 731. The Hall–Kier alpha value is -2.62. The summed E-state index contributed by atoms with van der Waals surface area (Å²) in [6.45, 7) is 0. The topological polar surface area (TPSA) is 54.6 Å². The van der Waals surface area contributed by atoms with E-state index in [-0.39, 0.29) is 17.1 Å². The second kappa shape index (κ2) is 4.00. The average molecular weight is 238 g/mol. The number of phenols is 1. The van der Waals surface area contributed by atoms with Gasteiger partial charge >= 0.3 is 0 Å². The number of aromatic nitrogens is 2. The smallest absolute Gasteiger partial charge is 0.200 e. The third-order valence-corrected chi connectivity index (χ3v) is 2.82. The molecule has 2 heterocycles. The van der Waals surface area contributed by atoms with Gasteiger partial charge in [0.2, 0.25) is 5.78 Å². The maximum Gasteiger partial charge on any atom is 0.200 e. The van der Waals surface area contributed by atoms with Crippen molar-refractivity contribution in [2.75, 3.05) is 0 Å². The number of ketones is 1. The summed E-state index contributed by atoms with van der Waals surface area (Å²) in [6.07, 6.45) is 3.29. The van der Waals surface area contributed by atoms with Gasteiger partial charge in [0, 0.05) is 6.20 Å². The van der Waals surface area contributed by atoms with E-state index in [0.717, 1.165) is 5.52 Å². The number of phenolic OH excluding ortho intramolecular Hbond substituents is 1. The van der Waals surface area contributed by atoms with Crippen LogP contribution in [0, 0.1) is 0 Å². The highest BCUT2D eigenvalue weighted by Crippen LogP contribution is 2.21. The molecule has 0 fully saturated rings. The van der Waals surface area contributed by atoms with Crippen LogP contribution in [0.1, 0.15) is 15.9 Å². The van der Waals surface area contributed by atoms with Crippen LogP contribution in [-0.4, -0.2) is 20.5 Å². The van der Waals surface area contributed by atoms with Gasteiger partial charge < -0.3 is 5.11 Å². The zero-order valence-corrected chi connectivity index (χ0v) is 9.45. The monoisotopic (exact) mass is 238 g/mol. The minimum atomic E-state index is -0.227. The maximum atomic E-state index is 12.3. The van der Waals surface area contributed by atoms with E-state index in [0.29, 0.717) is 5.56 Å². The Labute approximate surface area is 103 Å². The quantitative estimate of drug-likeness (QED) is 0.697. The molecular weight excluding hydrogens is 228 g/mol. The fourth-order valence-corrected chi connectivity index (χ4v) is 1.92. The third-order valence-electron chi connectivity index (χ3n) is 2.82. The van der Waals surface area contributed by atoms with Crippen molar-refractivity contribution in [3.63, 3.8) is 0 Å². The van der Waals surface area contributed by atoms with E-state index in [1.54, 1.807) is 28.9 Å². The molecule has 1 aromatic carbocycles. The Kier molecular flexibility index (Phi) is 2.34. The lowest BCUT2D eigenvalue weighted by Crippen LogP contribution is -2.01. The number of pyridine rings is 1. The molecule has 4 heteroatoms. The van der Waals surface area contributed by atoms with Gasteiger partial charge in [-0.2, -0.15) is 5.10 Å². The van der Waals surface area contributed by atoms with Gasteiger partial charge in [-0.05, 0) is 24.3 Å². The van der Waals surface area contributed by atoms with Crippen LogP contribution in [0.2, 0.25) is 0 Å². The number of hydrogen-bond donors (Lipinski definition) is 1. The van der Waals surface area contributed by atoms with Crippen molar-refractivity contribution in [3.8, 4) is 5.75 Å². The predicted octanol–water partition coefficient (Wildman–Crippen LogP) is 2.27. The van der Waals surface area contributed by atoms with E-state index in [9.17, 15) is 9.90 Å². The summed E-state index contributed by atoms with van der Waals surface area (Å²) in [5.74, 6) is -0.243. The van der Waals surface area contributed by atoms with E-state index in [4.69, 9.17) is 0 Å². The predicted molar refractivity (Wildman–Crippen MR) is 66.7 cm³/mol. The normalized spacial score (nSPS) is 10.7. The van der Waals surface area contributed by atoms with Gasteiger partial charge in [-0.25, -0.2) is 4.52 Å². The van der Waals surface area contributed by atoms with Crippen LogP contribution >= 0.6 is 0 Å². The molecule has 0 bridgehead atoms. The summed E-state index contributed by atoms with van der Waals surface area (Å²) in [7, 11) is 0. The van der Waals surface area contributed by atoms with Gasteiger partial charge in [0.15, 0.2) is 0 Å². The van der Waals surface area contributed by atoms with E-state index in [2.05, 4.69) is 5.10 Å².